The molecule has 0 spiro atoms. The zero-order chi connectivity index (χ0) is 34.2. The van der Waals surface area contributed by atoms with Crippen molar-refractivity contribution in [2.75, 3.05) is 5.32 Å². The molecule has 14 heteroatoms. The zero-order valence-electron chi connectivity index (χ0n) is 26.3. The number of nitrogens with zero attached hydrogens (tertiary/aromatic N) is 4. The summed E-state index contributed by atoms with van der Waals surface area (Å²) in [7, 11) is -9.02. The molecule has 242 valence electrons. The smallest absolute Gasteiger partial charge is 0.355 e. The third kappa shape index (κ3) is 7.06. The fourth-order valence-electron chi connectivity index (χ4n) is 5.67. The monoisotopic (exact) mass is 710 g/mol. The average Bonchev–Trinajstić information content (AvgIpc) is 3.09. The Morgan fingerprint density at radius 1 is 0.420 bits per heavy atom. The molecule has 0 fully saturated rings. The standard InChI is InChI=1S/C36H25N5O6S2.Na/c42-48(43,44)34-17-7-13-26-27(34)14-6-16-29(26)38-39-30-19-20-31(25-12-5-4-11-24(25)30)40-41-32-21-22-33(37-23-9-2-1-3-10-23)36-28(32)15-8-18-35(36)49(45,46)47;/h1-22,37H,(H,42,43,44)(H,45,46,47);/q;+1. The number of anilines is 2. The predicted octanol–water partition coefficient (Wildman–Crippen LogP) is 7.22. The molecule has 7 aromatic carbocycles. The summed E-state index contributed by atoms with van der Waals surface area (Å²) in [5.74, 6) is 0. The van der Waals surface area contributed by atoms with Crippen LogP contribution >= 0.6 is 0 Å². The first-order valence-corrected chi connectivity index (χ1v) is 17.7. The molecule has 0 amide bonds. The summed E-state index contributed by atoms with van der Waals surface area (Å²) < 4.78 is 68.4. The second-order valence-electron chi connectivity index (χ2n) is 10.9. The van der Waals surface area contributed by atoms with Crippen molar-refractivity contribution in [1.82, 2.24) is 0 Å². The largest absolute Gasteiger partial charge is 1.00 e. The van der Waals surface area contributed by atoms with Crippen molar-refractivity contribution < 1.29 is 55.5 Å². The number of hydrogen-bond donors (Lipinski definition) is 3. The SMILES string of the molecule is O=S(=O)(O)c1cccc2c(N=Nc3ccc(N=Nc4ccc(Nc5ccccc5)c5c(S(=O)(=O)O)cccc45)c4ccccc34)cccc12.[Na+]. The second-order valence-corrected chi connectivity index (χ2v) is 13.7. The summed E-state index contributed by atoms with van der Waals surface area (Å²) in [5, 5.41) is 24.2. The summed E-state index contributed by atoms with van der Waals surface area (Å²) >= 11 is 0. The molecule has 0 aromatic heterocycles. The summed E-state index contributed by atoms with van der Waals surface area (Å²) in [6.07, 6.45) is 0. The van der Waals surface area contributed by atoms with Crippen molar-refractivity contribution in [2.24, 2.45) is 20.5 Å². The molecule has 0 bridgehead atoms. The molecule has 11 nitrogen and oxygen atoms in total. The summed E-state index contributed by atoms with van der Waals surface area (Å²) in [6.45, 7) is 0. The number of nitrogens with one attached hydrogen (secondary N) is 1. The van der Waals surface area contributed by atoms with Crippen LogP contribution in [-0.4, -0.2) is 25.9 Å². The molecular formula is C36H25N5NaO6S2+. The van der Waals surface area contributed by atoms with Crippen molar-refractivity contribution in [1.29, 1.82) is 0 Å². The Morgan fingerprint density at radius 3 is 1.44 bits per heavy atom. The summed E-state index contributed by atoms with van der Waals surface area (Å²) in [6, 6.07) is 37.6. The molecule has 0 saturated carbocycles. The van der Waals surface area contributed by atoms with Gasteiger partial charge in [0.15, 0.2) is 0 Å². The van der Waals surface area contributed by atoms with Gasteiger partial charge in [-0.25, -0.2) is 0 Å². The number of azo groups is 2. The molecule has 7 rings (SSSR count). The molecule has 7 aromatic rings. The van der Waals surface area contributed by atoms with E-state index in [-0.39, 0.29) is 44.7 Å². The fourth-order valence-corrected chi connectivity index (χ4v) is 7.11. The molecule has 0 radical (unpaired) electrons. The molecule has 0 aliphatic carbocycles. The third-order valence-corrected chi connectivity index (χ3v) is 9.66. The number of fused-ring (bicyclic) bond motifs is 3. The minimum atomic E-state index is -4.58. The van der Waals surface area contributed by atoms with Crippen molar-refractivity contribution in [3.8, 4) is 0 Å². The Bertz CT molecular complexity index is 2710. The Balaban J connectivity index is 0.00000432. The van der Waals surface area contributed by atoms with Gasteiger partial charge in [-0.1, -0.05) is 78.9 Å². The van der Waals surface area contributed by atoms with E-state index < -0.39 is 20.2 Å². The first-order valence-electron chi connectivity index (χ1n) is 14.8. The van der Waals surface area contributed by atoms with Crippen LogP contribution in [0.25, 0.3) is 32.3 Å². The Morgan fingerprint density at radius 2 is 0.840 bits per heavy atom. The molecule has 50 heavy (non-hydrogen) atoms. The first kappa shape index (κ1) is 35.0. The molecule has 0 unspecified atom stereocenters. The normalized spacial score (nSPS) is 12.2. The van der Waals surface area contributed by atoms with Crippen molar-refractivity contribution in [3.63, 3.8) is 0 Å². The van der Waals surface area contributed by atoms with Gasteiger partial charge in [-0.05, 0) is 54.6 Å². The molecular weight excluding hydrogens is 686 g/mol. The molecule has 0 saturated heterocycles. The van der Waals surface area contributed by atoms with Crippen molar-refractivity contribution >= 4 is 86.7 Å². The molecule has 0 heterocycles. The van der Waals surface area contributed by atoms with E-state index >= 15 is 0 Å². The van der Waals surface area contributed by atoms with Crippen LogP contribution in [0.2, 0.25) is 0 Å². The van der Waals surface area contributed by atoms with E-state index in [1.165, 1.54) is 24.3 Å². The minimum absolute atomic E-state index is 0. The van der Waals surface area contributed by atoms with Crippen LogP contribution in [0.1, 0.15) is 0 Å². The van der Waals surface area contributed by atoms with Gasteiger partial charge in [0.1, 0.15) is 9.79 Å². The van der Waals surface area contributed by atoms with Gasteiger partial charge in [0.25, 0.3) is 20.2 Å². The van der Waals surface area contributed by atoms with Crippen LogP contribution in [-0.2, 0) is 20.2 Å². The third-order valence-electron chi connectivity index (χ3n) is 7.86. The van der Waals surface area contributed by atoms with Crippen molar-refractivity contribution in [2.45, 2.75) is 9.79 Å². The van der Waals surface area contributed by atoms with Crippen LogP contribution in [0.4, 0.5) is 34.1 Å². The molecule has 3 N–H and O–H groups in total. The van der Waals surface area contributed by atoms with E-state index in [2.05, 4.69) is 25.8 Å². The predicted molar refractivity (Wildman–Crippen MR) is 190 cm³/mol. The number of rotatable bonds is 8. The topological polar surface area (TPSA) is 170 Å². The van der Waals surface area contributed by atoms with Gasteiger partial charge in [0.2, 0.25) is 0 Å². The van der Waals surface area contributed by atoms with Crippen LogP contribution in [0.15, 0.2) is 164 Å². The Labute approximate surface area is 309 Å². The Kier molecular flexibility index (Phi) is 9.91. The van der Waals surface area contributed by atoms with E-state index in [0.717, 1.165) is 16.5 Å². The second kappa shape index (κ2) is 14.2. The van der Waals surface area contributed by atoms with Gasteiger partial charge in [0, 0.05) is 43.7 Å². The van der Waals surface area contributed by atoms with E-state index in [4.69, 9.17) is 0 Å². The van der Waals surface area contributed by atoms with E-state index in [9.17, 15) is 25.9 Å². The van der Waals surface area contributed by atoms with Gasteiger partial charge in [-0.2, -0.15) is 16.8 Å². The summed E-state index contributed by atoms with van der Waals surface area (Å²) in [5.41, 5.74) is 3.04. The fraction of sp³-hybridized carbons (Fsp3) is 0. The summed E-state index contributed by atoms with van der Waals surface area (Å²) in [4.78, 5) is -0.479. The van der Waals surface area contributed by atoms with Crippen LogP contribution < -0.4 is 34.9 Å². The van der Waals surface area contributed by atoms with Crippen LogP contribution in [0.3, 0.4) is 0 Å². The van der Waals surface area contributed by atoms with Crippen LogP contribution in [0.5, 0.6) is 0 Å². The van der Waals surface area contributed by atoms with Gasteiger partial charge in [-0.3, -0.25) is 9.11 Å². The first-order chi connectivity index (χ1) is 23.6. The number of hydrogen-bond acceptors (Lipinski definition) is 9. The molecule has 0 aliphatic rings. The number of para-hydroxylation sites is 1. The quantitative estimate of drug-likeness (QED) is 0.0849. The molecule has 0 atom stereocenters. The van der Waals surface area contributed by atoms with E-state index in [0.29, 0.717) is 44.6 Å². The maximum Gasteiger partial charge on any atom is 1.00 e. The van der Waals surface area contributed by atoms with E-state index in [1.807, 2.05) is 54.6 Å². The molecule has 0 aliphatic heterocycles. The van der Waals surface area contributed by atoms with Gasteiger partial charge >= 0.3 is 29.6 Å². The van der Waals surface area contributed by atoms with Gasteiger partial charge < -0.3 is 5.32 Å². The minimum Gasteiger partial charge on any atom is -0.355 e. The average molecular weight is 711 g/mol. The Hall–Kier alpha value is -4.86. The maximum absolute atomic E-state index is 12.4. The zero-order valence-corrected chi connectivity index (χ0v) is 30.0. The van der Waals surface area contributed by atoms with Gasteiger partial charge in [0.05, 0.1) is 22.7 Å². The van der Waals surface area contributed by atoms with Crippen molar-refractivity contribution in [3.05, 3.63) is 133 Å². The van der Waals surface area contributed by atoms with Crippen LogP contribution in [0, 0.1) is 0 Å². The number of benzene rings is 7. The van der Waals surface area contributed by atoms with Gasteiger partial charge in [-0.15, -0.1) is 20.5 Å². The maximum atomic E-state index is 12.4. The van der Waals surface area contributed by atoms with E-state index in [1.54, 1.807) is 54.6 Å².